The molecule has 0 amide bonds. The van der Waals surface area contributed by atoms with Gasteiger partial charge in [-0.1, -0.05) is 38.1 Å². The number of rotatable bonds is 7. The standard InChI is InChI=1S/C18H24N2/c1-3-11-20-18(4-2)17-7-5-15(6-8-17)14-16-9-12-19-13-10-16/h5-10,12-13,18,20H,3-4,11,14H2,1-2H3. The summed E-state index contributed by atoms with van der Waals surface area (Å²) in [7, 11) is 0. The Morgan fingerprint density at radius 2 is 1.60 bits per heavy atom. The fourth-order valence-electron chi connectivity index (χ4n) is 2.42. The van der Waals surface area contributed by atoms with Gasteiger partial charge < -0.3 is 5.32 Å². The maximum absolute atomic E-state index is 4.06. The van der Waals surface area contributed by atoms with Crippen LogP contribution in [-0.2, 0) is 6.42 Å². The van der Waals surface area contributed by atoms with Crippen molar-refractivity contribution in [3.63, 3.8) is 0 Å². The Morgan fingerprint density at radius 3 is 2.20 bits per heavy atom. The Hall–Kier alpha value is -1.67. The predicted octanol–water partition coefficient (Wildman–Crippen LogP) is 4.12. The van der Waals surface area contributed by atoms with Gasteiger partial charge in [0.2, 0.25) is 0 Å². The minimum absolute atomic E-state index is 0.477. The topological polar surface area (TPSA) is 24.9 Å². The molecule has 0 fully saturated rings. The highest BCUT2D eigenvalue weighted by molar-refractivity contribution is 5.29. The van der Waals surface area contributed by atoms with Crippen molar-refractivity contribution in [3.8, 4) is 0 Å². The second-order valence-electron chi connectivity index (χ2n) is 5.19. The van der Waals surface area contributed by atoms with Crippen LogP contribution in [0.25, 0.3) is 0 Å². The molecule has 0 radical (unpaired) electrons. The van der Waals surface area contributed by atoms with E-state index in [9.17, 15) is 0 Å². The molecule has 2 heteroatoms. The highest BCUT2D eigenvalue weighted by Gasteiger charge is 2.07. The highest BCUT2D eigenvalue weighted by Crippen LogP contribution is 2.18. The third-order valence-corrected chi connectivity index (χ3v) is 3.59. The van der Waals surface area contributed by atoms with Crippen LogP contribution in [0.4, 0.5) is 0 Å². The molecular weight excluding hydrogens is 244 g/mol. The van der Waals surface area contributed by atoms with E-state index < -0.39 is 0 Å². The quantitative estimate of drug-likeness (QED) is 0.817. The molecule has 2 nitrogen and oxygen atoms in total. The van der Waals surface area contributed by atoms with Crippen LogP contribution in [0.2, 0.25) is 0 Å². The minimum Gasteiger partial charge on any atom is -0.310 e. The smallest absolute Gasteiger partial charge is 0.0317 e. The first kappa shape index (κ1) is 14.7. The summed E-state index contributed by atoms with van der Waals surface area (Å²) in [5.74, 6) is 0. The van der Waals surface area contributed by atoms with Crippen LogP contribution in [0.1, 0.15) is 49.4 Å². The van der Waals surface area contributed by atoms with Gasteiger partial charge in [0.15, 0.2) is 0 Å². The average Bonchev–Trinajstić information content (AvgIpc) is 2.50. The van der Waals surface area contributed by atoms with Crippen molar-refractivity contribution < 1.29 is 0 Å². The summed E-state index contributed by atoms with van der Waals surface area (Å²) in [5, 5.41) is 3.60. The van der Waals surface area contributed by atoms with E-state index in [2.05, 4.69) is 60.5 Å². The number of nitrogens with one attached hydrogen (secondary N) is 1. The molecule has 0 saturated carbocycles. The van der Waals surface area contributed by atoms with Gasteiger partial charge in [0.1, 0.15) is 0 Å². The van der Waals surface area contributed by atoms with Crippen LogP contribution in [0.5, 0.6) is 0 Å². The lowest BCUT2D eigenvalue weighted by Gasteiger charge is -2.17. The summed E-state index contributed by atoms with van der Waals surface area (Å²) in [5.41, 5.74) is 4.05. The molecule has 2 aromatic rings. The van der Waals surface area contributed by atoms with E-state index in [0.717, 1.165) is 19.4 Å². The summed E-state index contributed by atoms with van der Waals surface area (Å²) < 4.78 is 0. The fourth-order valence-corrected chi connectivity index (χ4v) is 2.42. The summed E-state index contributed by atoms with van der Waals surface area (Å²) in [6.07, 6.45) is 6.99. The molecule has 1 aromatic carbocycles. The van der Waals surface area contributed by atoms with E-state index >= 15 is 0 Å². The predicted molar refractivity (Wildman–Crippen MR) is 84.8 cm³/mol. The maximum atomic E-state index is 4.06. The Labute approximate surface area is 122 Å². The van der Waals surface area contributed by atoms with Crippen LogP contribution in [0.3, 0.4) is 0 Å². The van der Waals surface area contributed by atoms with Gasteiger partial charge in [-0.25, -0.2) is 0 Å². The zero-order chi connectivity index (χ0) is 14.2. The van der Waals surface area contributed by atoms with E-state index in [4.69, 9.17) is 0 Å². The third-order valence-electron chi connectivity index (χ3n) is 3.59. The summed E-state index contributed by atoms with van der Waals surface area (Å²) in [4.78, 5) is 4.06. The van der Waals surface area contributed by atoms with E-state index in [1.54, 1.807) is 0 Å². The Kier molecular flexibility index (Phi) is 5.75. The number of hydrogen-bond donors (Lipinski definition) is 1. The Bertz CT molecular complexity index is 491. The SMILES string of the molecule is CCCNC(CC)c1ccc(Cc2ccncc2)cc1. The lowest BCUT2D eigenvalue weighted by Crippen LogP contribution is -2.21. The van der Waals surface area contributed by atoms with Gasteiger partial charge in [0.05, 0.1) is 0 Å². The number of nitrogens with zero attached hydrogens (tertiary/aromatic N) is 1. The molecule has 1 N–H and O–H groups in total. The van der Waals surface area contributed by atoms with Crippen LogP contribution < -0.4 is 5.32 Å². The molecule has 0 aliphatic heterocycles. The van der Waals surface area contributed by atoms with Gasteiger partial charge >= 0.3 is 0 Å². The van der Waals surface area contributed by atoms with E-state index in [0.29, 0.717) is 6.04 Å². The second-order valence-corrected chi connectivity index (χ2v) is 5.19. The van der Waals surface area contributed by atoms with Gasteiger partial charge in [-0.2, -0.15) is 0 Å². The van der Waals surface area contributed by atoms with Crippen LogP contribution >= 0.6 is 0 Å². The summed E-state index contributed by atoms with van der Waals surface area (Å²) in [6, 6.07) is 13.6. The number of aromatic nitrogens is 1. The van der Waals surface area contributed by atoms with Crippen molar-refractivity contribution in [3.05, 3.63) is 65.5 Å². The first-order chi connectivity index (χ1) is 9.83. The first-order valence-electron chi connectivity index (χ1n) is 7.54. The molecule has 1 atom stereocenters. The van der Waals surface area contributed by atoms with Crippen LogP contribution in [0.15, 0.2) is 48.8 Å². The highest BCUT2D eigenvalue weighted by atomic mass is 14.9. The molecule has 20 heavy (non-hydrogen) atoms. The van der Waals surface area contributed by atoms with E-state index in [-0.39, 0.29) is 0 Å². The zero-order valence-corrected chi connectivity index (χ0v) is 12.5. The Morgan fingerprint density at radius 1 is 0.950 bits per heavy atom. The van der Waals surface area contributed by atoms with Gasteiger partial charge in [0.25, 0.3) is 0 Å². The number of benzene rings is 1. The summed E-state index contributed by atoms with van der Waals surface area (Å²) >= 11 is 0. The fraction of sp³-hybridized carbons (Fsp3) is 0.389. The average molecular weight is 268 g/mol. The lowest BCUT2D eigenvalue weighted by molar-refractivity contribution is 0.518. The van der Waals surface area contributed by atoms with Crippen molar-refractivity contribution in [1.29, 1.82) is 0 Å². The molecule has 0 bridgehead atoms. The van der Waals surface area contributed by atoms with E-state index in [1.807, 2.05) is 12.4 Å². The molecular formula is C18H24N2. The maximum Gasteiger partial charge on any atom is 0.0317 e. The zero-order valence-electron chi connectivity index (χ0n) is 12.5. The van der Waals surface area contributed by atoms with Gasteiger partial charge in [-0.15, -0.1) is 0 Å². The molecule has 0 saturated heterocycles. The van der Waals surface area contributed by atoms with Crippen LogP contribution in [-0.4, -0.2) is 11.5 Å². The van der Waals surface area contributed by atoms with Crippen molar-refractivity contribution in [2.75, 3.05) is 6.54 Å². The van der Waals surface area contributed by atoms with Crippen molar-refractivity contribution in [2.45, 2.75) is 39.2 Å². The monoisotopic (exact) mass is 268 g/mol. The number of pyridine rings is 1. The van der Waals surface area contributed by atoms with Crippen LogP contribution in [0, 0.1) is 0 Å². The van der Waals surface area contributed by atoms with E-state index in [1.165, 1.54) is 23.1 Å². The number of hydrogen-bond acceptors (Lipinski definition) is 2. The summed E-state index contributed by atoms with van der Waals surface area (Å²) in [6.45, 7) is 5.52. The van der Waals surface area contributed by atoms with Crippen molar-refractivity contribution in [2.24, 2.45) is 0 Å². The first-order valence-corrected chi connectivity index (χ1v) is 7.54. The molecule has 2 rings (SSSR count). The second kappa shape index (κ2) is 7.81. The van der Waals surface area contributed by atoms with Gasteiger partial charge in [-0.05, 0) is 54.6 Å². The molecule has 106 valence electrons. The van der Waals surface area contributed by atoms with Gasteiger partial charge in [0, 0.05) is 18.4 Å². The largest absolute Gasteiger partial charge is 0.310 e. The molecule has 1 heterocycles. The molecule has 1 unspecified atom stereocenters. The Balaban J connectivity index is 2.02. The van der Waals surface area contributed by atoms with Crippen molar-refractivity contribution in [1.82, 2.24) is 10.3 Å². The third kappa shape index (κ3) is 4.17. The molecule has 0 spiro atoms. The normalized spacial score (nSPS) is 12.3. The molecule has 1 aromatic heterocycles. The molecule has 0 aliphatic carbocycles. The van der Waals surface area contributed by atoms with Crippen molar-refractivity contribution >= 4 is 0 Å². The lowest BCUT2D eigenvalue weighted by atomic mass is 10.00. The minimum atomic E-state index is 0.477. The molecule has 0 aliphatic rings. The van der Waals surface area contributed by atoms with Gasteiger partial charge in [-0.3, -0.25) is 4.98 Å².